The van der Waals surface area contributed by atoms with Gasteiger partial charge in [0.2, 0.25) is 0 Å². The van der Waals surface area contributed by atoms with Gasteiger partial charge in [0, 0.05) is 13.7 Å². The Morgan fingerprint density at radius 1 is 1.04 bits per heavy atom. The highest BCUT2D eigenvalue weighted by molar-refractivity contribution is 5.74. The molecule has 2 rings (SSSR count). The number of ether oxygens (including phenoxy) is 2. The molecule has 0 aliphatic carbocycles. The Bertz CT molecular complexity index is 671. The largest absolute Gasteiger partial charge is 0.497 e. The van der Waals surface area contributed by atoms with Gasteiger partial charge < -0.3 is 20.1 Å². The van der Waals surface area contributed by atoms with Gasteiger partial charge in [0.05, 0.1) is 19.8 Å². The van der Waals surface area contributed by atoms with E-state index < -0.39 is 0 Å². The molecule has 25 heavy (non-hydrogen) atoms. The van der Waals surface area contributed by atoms with Crippen LogP contribution in [0.5, 0.6) is 5.75 Å². The normalized spacial score (nSPS) is 11.6. The van der Waals surface area contributed by atoms with E-state index in [0.717, 1.165) is 28.9 Å². The molecule has 5 heteroatoms. The average Bonchev–Trinajstić information content (AvgIpc) is 2.66. The quantitative estimate of drug-likeness (QED) is 0.767. The monoisotopic (exact) mass is 342 g/mol. The van der Waals surface area contributed by atoms with E-state index in [9.17, 15) is 4.79 Å². The summed E-state index contributed by atoms with van der Waals surface area (Å²) in [5, 5.41) is 5.94. The van der Waals surface area contributed by atoms with Gasteiger partial charge in [-0.25, -0.2) is 4.79 Å². The summed E-state index contributed by atoms with van der Waals surface area (Å²) in [6.07, 6.45) is 0.806. The van der Waals surface area contributed by atoms with Crippen molar-refractivity contribution in [3.05, 3.63) is 65.2 Å². The SMILES string of the molecule is CCC(NC(=O)NCc1ccccc1COC)c1ccc(OC)cc1. The van der Waals surface area contributed by atoms with Gasteiger partial charge in [0.15, 0.2) is 0 Å². The van der Waals surface area contributed by atoms with E-state index in [4.69, 9.17) is 9.47 Å². The molecule has 0 radical (unpaired) electrons. The van der Waals surface area contributed by atoms with E-state index in [-0.39, 0.29) is 12.1 Å². The standard InChI is InChI=1S/C20H26N2O3/c1-4-19(15-9-11-18(25-3)12-10-15)22-20(23)21-13-16-7-5-6-8-17(16)14-24-2/h5-12,19H,4,13-14H2,1-3H3,(H2,21,22,23). The lowest BCUT2D eigenvalue weighted by Gasteiger charge is -2.19. The van der Waals surface area contributed by atoms with E-state index in [1.165, 1.54) is 0 Å². The van der Waals surface area contributed by atoms with Crippen molar-refractivity contribution in [3.8, 4) is 5.75 Å². The number of nitrogens with one attached hydrogen (secondary N) is 2. The van der Waals surface area contributed by atoms with Crippen LogP contribution in [0.3, 0.4) is 0 Å². The van der Waals surface area contributed by atoms with Gasteiger partial charge in [-0.2, -0.15) is 0 Å². The number of methoxy groups -OCH3 is 2. The zero-order valence-electron chi connectivity index (χ0n) is 15.0. The number of hydrogen-bond acceptors (Lipinski definition) is 3. The lowest BCUT2D eigenvalue weighted by atomic mass is 10.0. The number of rotatable bonds is 8. The molecule has 0 bridgehead atoms. The molecule has 2 N–H and O–H groups in total. The van der Waals surface area contributed by atoms with Crippen molar-refractivity contribution < 1.29 is 14.3 Å². The summed E-state index contributed by atoms with van der Waals surface area (Å²) in [7, 11) is 3.30. The topological polar surface area (TPSA) is 59.6 Å². The third kappa shape index (κ3) is 5.50. The van der Waals surface area contributed by atoms with Crippen LogP contribution >= 0.6 is 0 Å². The minimum atomic E-state index is -0.185. The van der Waals surface area contributed by atoms with Crippen LogP contribution in [0.2, 0.25) is 0 Å². The van der Waals surface area contributed by atoms with Gasteiger partial charge in [-0.15, -0.1) is 0 Å². The molecule has 0 fully saturated rings. The van der Waals surface area contributed by atoms with Crippen LogP contribution in [0, 0.1) is 0 Å². The van der Waals surface area contributed by atoms with E-state index in [1.54, 1.807) is 14.2 Å². The highest BCUT2D eigenvalue weighted by Gasteiger charge is 2.13. The van der Waals surface area contributed by atoms with Crippen molar-refractivity contribution in [1.82, 2.24) is 10.6 Å². The Balaban J connectivity index is 1.93. The van der Waals surface area contributed by atoms with Crippen LogP contribution in [0.4, 0.5) is 4.79 Å². The molecule has 0 heterocycles. The number of carbonyl (C=O) groups excluding carboxylic acids is 1. The molecule has 2 aromatic carbocycles. The lowest BCUT2D eigenvalue weighted by Crippen LogP contribution is -2.37. The first-order valence-electron chi connectivity index (χ1n) is 8.42. The van der Waals surface area contributed by atoms with Crippen LogP contribution in [-0.4, -0.2) is 20.3 Å². The summed E-state index contributed by atoms with van der Waals surface area (Å²) in [6, 6.07) is 15.4. The minimum absolute atomic E-state index is 0.0416. The van der Waals surface area contributed by atoms with E-state index in [0.29, 0.717) is 13.2 Å². The van der Waals surface area contributed by atoms with Crippen LogP contribution in [-0.2, 0) is 17.9 Å². The van der Waals surface area contributed by atoms with Gasteiger partial charge in [0.1, 0.15) is 5.75 Å². The molecule has 1 atom stereocenters. The maximum atomic E-state index is 12.3. The summed E-state index contributed by atoms with van der Waals surface area (Å²) in [6.45, 7) is 3.04. The van der Waals surface area contributed by atoms with Gasteiger partial charge in [-0.05, 0) is 35.2 Å². The second-order valence-electron chi connectivity index (χ2n) is 5.76. The van der Waals surface area contributed by atoms with Crippen molar-refractivity contribution in [2.75, 3.05) is 14.2 Å². The first kappa shape index (κ1) is 18.8. The average molecular weight is 342 g/mol. The lowest BCUT2D eigenvalue weighted by molar-refractivity contribution is 0.184. The Kier molecular flexibility index (Phi) is 7.29. The van der Waals surface area contributed by atoms with Gasteiger partial charge in [0.25, 0.3) is 0 Å². The highest BCUT2D eigenvalue weighted by atomic mass is 16.5. The molecule has 0 aliphatic rings. The van der Waals surface area contributed by atoms with Crippen LogP contribution in [0.15, 0.2) is 48.5 Å². The molecule has 0 spiro atoms. The Labute approximate surface area is 149 Å². The Hall–Kier alpha value is -2.53. The maximum absolute atomic E-state index is 12.3. The second-order valence-corrected chi connectivity index (χ2v) is 5.76. The van der Waals surface area contributed by atoms with Gasteiger partial charge >= 0.3 is 6.03 Å². The summed E-state index contributed by atoms with van der Waals surface area (Å²) in [5.41, 5.74) is 3.18. The molecule has 0 saturated carbocycles. The van der Waals surface area contributed by atoms with E-state index in [1.807, 2.05) is 55.5 Å². The van der Waals surface area contributed by atoms with E-state index in [2.05, 4.69) is 10.6 Å². The predicted molar refractivity (Wildman–Crippen MR) is 98.6 cm³/mol. The predicted octanol–water partition coefficient (Wildman–Crippen LogP) is 3.79. The fourth-order valence-corrected chi connectivity index (χ4v) is 2.67. The molecule has 5 nitrogen and oxygen atoms in total. The van der Waals surface area contributed by atoms with Crippen LogP contribution in [0.1, 0.15) is 36.1 Å². The maximum Gasteiger partial charge on any atom is 0.315 e. The summed E-state index contributed by atoms with van der Waals surface area (Å²) in [4.78, 5) is 12.3. The highest BCUT2D eigenvalue weighted by Crippen LogP contribution is 2.20. The van der Waals surface area contributed by atoms with Crippen LogP contribution < -0.4 is 15.4 Å². The molecular weight excluding hydrogens is 316 g/mol. The first-order chi connectivity index (χ1) is 12.2. The third-order valence-corrected chi connectivity index (χ3v) is 4.09. The first-order valence-corrected chi connectivity index (χ1v) is 8.42. The van der Waals surface area contributed by atoms with Crippen molar-refractivity contribution in [2.45, 2.75) is 32.5 Å². The van der Waals surface area contributed by atoms with Crippen molar-refractivity contribution in [1.29, 1.82) is 0 Å². The molecule has 2 amide bonds. The fourth-order valence-electron chi connectivity index (χ4n) is 2.67. The zero-order valence-corrected chi connectivity index (χ0v) is 15.0. The van der Waals surface area contributed by atoms with Crippen LogP contribution in [0.25, 0.3) is 0 Å². The molecule has 0 saturated heterocycles. The Morgan fingerprint density at radius 3 is 2.32 bits per heavy atom. The molecule has 1 unspecified atom stereocenters. The van der Waals surface area contributed by atoms with Gasteiger partial charge in [-0.3, -0.25) is 0 Å². The molecule has 0 aromatic heterocycles. The molecule has 2 aromatic rings. The zero-order chi connectivity index (χ0) is 18.1. The number of amides is 2. The number of carbonyl (C=O) groups is 1. The van der Waals surface area contributed by atoms with E-state index >= 15 is 0 Å². The van der Waals surface area contributed by atoms with Crippen molar-refractivity contribution >= 4 is 6.03 Å². The molecule has 134 valence electrons. The van der Waals surface area contributed by atoms with Gasteiger partial charge in [-0.1, -0.05) is 43.3 Å². The number of benzene rings is 2. The molecular formula is C20H26N2O3. The number of urea groups is 1. The minimum Gasteiger partial charge on any atom is -0.497 e. The van der Waals surface area contributed by atoms with Crippen molar-refractivity contribution in [3.63, 3.8) is 0 Å². The molecule has 0 aliphatic heterocycles. The summed E-state index contributed by atoms with van der Waals surface area (Å²) in [5.74, 6) is 0.804. The summed E-state index contributed by atoms with van der Waals surface area (Å²) >= 11 is 0. The Morgan fingerprint density at radius 2 is 1.72 bits per heavy atom. The summed E-state index contributed by atoms with van der Waals surface area (Å²) < 4.78 is 10.4. The fraction of sp³-hybridized carbons (Fsp3) is 0.350. The smallest absolute Gasteiger partial charge is 0.315 e. The second kappa shape index (κ2) is 9.69. The van der Waals surface area contributed by atoms with Crippen molar-refractivity contribution in [2.24, 2.45) is 0 Å². The number of hydrogen-bond donors (Lipinski definition) is 2. The third-order valence-electron chi connectivity index (χ3n) is 4.09.